The first-order valence-corrected chi connectivity index (χ1v) is 10.7. The summed E-state index contributed by atoms with van der Waals surface area (Å²) < 4.78 is 5.86. The molecule has 1 aromatic rings. The monoisotopic (exact) mass is 400 g/mol. The van der Waals surface area contributed by atoms with Crippen molar-refractivity contribution in [2.45, 2.75) is 58.0 Å². The Labute approximate surface area is 172 Å². The van der Waals surface area contributed by atoms with E-state index >= 15 is 0 Å². The summed E-state index contributed by atoms with van der Waals surface area (Å²) in [6.07, 6.45) is 4.25. The van der Waals surface area contributed by atoms with E-state index in [-0.39, 0.29) is 11.5 Å². The summed E-state index contributed by atoms with van der Waals surface area (Å²) in [4.78, 5) is 25.2. The Bertz CT molecular complexity index is 825. The average molecular weight is 401 g/mol. The summed E-state index contributed by atoms with van der Waals surface area (Å²) in [5.74, 6) is 2.45. The number of amides is 3. The molecule has 0 saturated heterocycles. The molecule has 0 spiro atoms. The molecule has 2 fully saturated rings. The number of nitrogens with one attached hydrogen (secondary N) is 1. The van der Waals surface area contributed by atoms with E-state index in [2.05, 4.69) is 25.2 Å². The van der Waals surface area contributed by atoms with E-state index in [1.54, 1.807) is 0 Å². The predicted octanol–water partition coefficient (Wildman–Crippen LogP) is 4.27. The van der Waals surface area contributed by atoms with Crippen molar-refractivity contribution in [1.29, 1.82) is 0 Å². The van der Waals surface area contributed by atoms with Gasteiger partial charge in [-0.05, 0) is 79.0 Å². The van der Waals surface area contributed by atoms with Gasteiger partial charge in [0.1, 0.15) is 11.9 Å². The molecule has 0 bridgehead atoms. The number of phenols is 1. The van der Waals surface area contributed by atoms with Gasteiger partial charge in [-0.2, -0.15) is 0 Å². The van der Waals surface area contributed by atoms with Crippen LogP contribution >= 0.6 is 0 Å². The molecule has 3 unspecified atom stereocenters. The molecule has 0 heterocycles. The number of fused-ring (bicyclic) bond motifs is 5. The Hall–Kier alpha value is -2.24. The van der Waals surface area contributed by atoms with E-state index in [1.807, 2.05) is 12.1 Å². The SMILES string of the molecule is CNC(=O)N(C)C(=O)O[C@H]1CCC2C3C(CC[C@@]21C)c1ccc(O)cc1C[C@@H]3C. The summed E-state index contributed by atoms with van der Waals surface area (Å²) in [5, 5.41) is 12.4. The van der Waals surface area contributed by atoms with Crippen molar-refractivity contribution in [2.75, 3.05) is 14.1 Å². The van der Waals surface area contributed by atoms with Crippen LogP contribution in [0.25, 0.3) is 0 Å². The Morgan fingerprint density at radius 2 is 2.03 bits per heavy atom. The van der Waals surface area contributed by atoms with Crippen LogP contribution < -0.4 is 5.32 Å². The molecule has 0 aromatic heterocycles. The first-order chi connectivity index (χ1) is 13.8. The van der Waals surface area contributed by atoms with Crippen molar-refractivity contribution in [2.24, 2.45) is 23.2 Å². The van der Waals surface area contributed by atoms with Crippen molar-refractivity contribution < 1.29 is 19.4 Å². The van der Waals surface area contributed by atoms with Crippen molar-refractivity contribution >= 4 is 12.1 Å². The highest BCUT2D eigenvalue weighted by Gasteiger charge is 2.57. The van der Waals surface area contributed by atoms with Crippen molar-refractivity contribution in [3.05, 3.63) is 29.3 Å². The van der Waals surface area contributed by atoms with Gasteiger partial charge in [0.25, 0.3) is 0 Å². The van der Waals surface area contributed by atoms with Crippen LogP contribution in [0.15, 0.2) is 18.2 Å². The van der Waals surface area contributed by atoms with Gasteiger partial charge in [-0.25, -0.2) is 14.5 Å². The van der Waals surface area contributed by atoms with Crippen molar-refractivity contribution in [3.63, 3.8) is 0 Å². The first kappa shape index (κ1) is 20.0. The number of nitrogens with zero attached hydrogens (tertiary/aromatic N) is 1. The Morgan fingerprint density at radius 3 is 2.76 bits per heavy atom. The van der Waals surface area contributed by atoms with Crippen LogP contribution in [-0.4, -0.2) is 42.3 Å². The van der Waals surface area contributed by atoms with Crippen LogP contribution in [-0.2, 0) is 11.2 Å². The van der Waals surface area contributed by atoms with E-state index in [1.165, 1.54) is 25.2 Å². The second-order valence-electron chi connectivity index (χ2n) is 9.46. The molecule has 29 heavy (non-hydrogen) atoms. The number of ether oxygens (including phenoxy) is 1. The third-order valence-electron chi connectivity index (χ3n) is 8.01. The summed E-state index contributed by atoms with van der Waals surface area (Å²) >= 11 is 0. The van der Waals surface area contributed by atoms with E-state index in [9.17, 15) is 14.7 Å². The molecule has 6 atom stereocenters. The van der Waals surface area contributed by atoms with Gasteiger partial charge in [0.2, 0.25) is 0 Å². The number of hydrogen-bond donors (Lipinski definition) is 2. The number of urea groups is 1. The third kappa shape index (κ3) is 3.17. The second kappa shape index (κ2) is 7.22. The Balaban J connectivity index is 1.56. The number of rotatable bonds is 1. The van der Waals surface area contributed by atoms with Crippen LogP contribution in [0, 0.1) is 23.2 Å². The second-order valence-corrected chi connectivity index (χ2v) is 9.46. The van der Waals surface area contributed by atoms with Gasteiger partial charge in [0.05, 0.1) is 0 Å². The van der Waals surface area contributed by atoms with Crippen LogP contribution in [0.4, 0.5) is 9.59 Å². The summed E-state index contributed by atoms with van der Waals surface area (Å²) in [6, 6.07) is 5.40. The lowest BCUT2D eigenvalue weighted by Gasteiger charge is -2.52. The van der Waals surface area contributed by atoms with Crippen LogP contribution in [0.2, 0.25) is 0 Å². The zero-order chi connectivity index (χ0) is 20.9. The van der Waals surface area contributed by atoms with Crippen LogP contribution in [0.3, 0.4) is 0 Å². The van der Waals surface area contributed by atoms with Crippen molar-refractivity contribution in [1.82, 2.24) is 10.2 Å². The minimum absolute atomic E-state index is 0.0525. The number of carbonyl (C=O) groups is 2. The summed E-state index contributed by atoms with van der Waals surface area (Å²) in [6.45, 7) is 4.60. The quantitative estimate of drug-likeness (QED) is 0.738. The molecule has 0 radical (unpaired) electrons. The lowest BCUT2D eigenvalue weighted by Crippen LogP contribution is -2.49. The maximum atomic E-state index is 12.5. The van der Waals surface area contributed by atoms with Crippen LogP contribution in [0.1, 0.15) is 56.6 Å². The largest absolute Gasteiger partial charge is 0.508 e. The predicted molar refractivity (Wildman–Crippen MR) is 110 cm³/mol. The highest BCUT2D eigenvalue weighted by Crippen LogP contribution is 2.62. The van der Waals surface area contributed by atoms with E-state index < -0.39 is 12.1 Å². The number of imide groups is 1. The molecule has 1 aromatic carbocycles. The molecule has 3 amide bonds. The Kier molecular flexibility index (Phi) is 4.99. The molecular weight excluding hydrogens is 368 g/mol. The number of hydrogen-bond acceptors (Lipinski definition) is 4. The lowest BCUT2D eigenvalue weighted by molar-refractivity contribution is -0.0468. The lowest BCUT2D eigenvalue weighted by atomic mass is 9.53. The fraction of sp³-hybridized carbons (Fsp3) is 0.652. The number of phenolic OH excluding ortho intramolecular Hbond substituents is 1. The molecule has 2 N–H and O–H groups in total. The van der Waals surface area contributed by atoms with Gasteiger partial charge < -0.3 is 15.2 Å². The maximum Gasteiger partial charge on any atom is 0.417 e. The molecule has 3 aliphatic carbocycles. The van der Waals surface area contributed by atoms with Crippen molar-refractivity contribution in [3.8, 4) is 5.75 Å². The van der Waals surface area contributed by atoms with Gasteiger partial charge >= 0.3 is 12.1 Å². The maximum absolute atomic E-state index is 12.5. The zero-order valence-electron chi connectivity index (χ0n) is 17.8. The minimum atomic E-state index is -0.573. The van der Waals surface area contributed by atoms with Gasteiger partial charge in [0, 0.05) is 19.5 Å². The molecule has 2 saturated carbocycles. The smallest absolute Gasteiger partial charge is 0.417 e. The zero-order valence-corrected chi connectivity index (χ0v) is 17.8. The highest BCUT2D eigenvalue weighted by atomic mass is 16.6. The first-order valence-electron chi connectivity index (χ1n) is 10.7. The van der Waals surface area contributed by atoms with Gasteiger partial charge in [-0.3, -0.25) is 0 Å². The number of benzene rings is 1. The molecule has 4 rings (SSSR count). The molecule has 3 aliphatic rings. The topological polar surface area (TPSA) is 78.9 Å². The fourth-order valence-corrected chi connectivity index (χ4v) is 6.56. The Morgan fingerprint density at radius 1 is 1.28 bits per heavy atom. The molecule has 0 aliphatic heterocycles. The standard InChI is InChI=1S/C23H32N2O4/c1-13-11-14-12-15(26)5-6-16(14)17-9-10-23(2)18(20(13)17)7-8-19(23)29-22(28)25(4)21(27)24-3/h5-6,12-13,17-20,26H,7-11H2,1-4H3,(H,24,27)/t13-,17?,18?,19-,20?,23-/m0/s1. The highest BCUT2D eigenvalue weighted by molar-refractivity contribution is 5.90. The van der Waals surface area contributed by atoms with Gasteiger partial charge in [-0.1, -0.05) is 19.9 Å². The van der Waals surface area contributed by atoms with E-state index in [0.29, 0.717) is 29.4 Å². The number of carbonyl (C=O) groups excluding carboxylic acids is 2. The van der Waals surface area contributed by atoms with E-state index in [4.69, 9.17) is 4.74 Å². The molecule has 6 nitrogen and oxygen atoms in total. The van der Waals surface area contributed by atoms with Gasteiger partial charge in [0.15, 0.2) is 0 Å². The summed E-state index contributed by atoms with van der Waals surface area (Å²) in [5.41, 5.74) is 2.63. The van der Waals surface area contributed by atoms with Crippen LogP contribution in [0.5, 0.6) is 5.75 Å². The molecular formula is C23H32N2O4. The normalized spacial score (nSPS) is 35.1. The minimum Gasteiger partial charge on any atom is -0.508 e. The molecule has 6 heteroatoms. The average Bonchev–Trinajstić information content (AvgIpc) is 3.02. The summed E-state index contributed by atoms with van der Waals surface area (Å²) in [7, 11) is 2.95. The molecule has 158 valence electrons. The number of aromatic hydroxyl groups is 1. The van der Waals surface area contributed by atoms with Gasteiger partial charge in [-0.15, -0.1) is 0 Å². The third-order valence-corrected chi connectivity index (χ3v) is 8.01. The van der Waals surface area contributed by atoms with E-state index in [0.717, 1.165) is 37.0 Å². The fourth-order valence-electron chi connectivity index (χ4n) is 6.56.